The first-order valence-corrected chi connectivity index (χ1v) is 8.45. The summed E-state index contributed by atoms with van der Waals surface area (Å²) in [5, 5.41) is 3.58. The molecule has 6 heteroatoms. The maximum absolute atomic E-state index is 11.9. The lowest BCUT2D eigenvalue weighted by Crippen LogP contribution is -2.19. The predicted octanol–water partition coefficient (Wildman–Crippen LogP) is 2.78. The van der Waals surface area contributed by atoms with E-state index < -0.39 is 10.0 Å². The Kier molecular flexibility index (Phi) is 6.62. The largest absolute Gasteiger partial charge is 0.317 e. The van der Waals surface area contributed by atoms with Gasteiger partial charge in [0.2, 0.25) is 10.0 Å². The lowest BCUT2D eigenvalue weighted by atomic mass is 10.2. The maximum atomic E-state index is 11.9. The summed E-state index contributed by atoms with van der Waals surface area (Å²) < 4.78 is 26.4. The van der Waals surface area contributed by atoms with Gasteiger partial charge in [-0.15, -0.1) is 0 Å². The molecule has 0 bridgehead atoms. The number of aryl methyl sites for hydroxylation is 1. The van der Waals surface area contributed by atoms with E-state index >= 15 is 0 Å². The van der Waals surface area contributed by atoms with Gasteiger partial charge in [-0.3, -0.25) is 4.72 Å². The lowest BCUT2D eigenvalue weighted by molar-refractivity contribution is 0.593. The van der Waals surface area contributed by atoms with Crippen LogP contribution >= 0.6 is 11.6 Å². The van der Waals surface area contributed by atoms with E-state index in [1.807, 2.05) is 19.9 Å². The zero-order valence-electron chi connectivity index (χ0n) is 11.4. The Balaban J connectivity index is 2.52. The zero-order valence-corrected chi connectivity index (χ0v) is 12.9. The minimum absolute atomic E-state index is 0.114. The second-order valence-corrected chi connectivity index (χ2v) is 6.71. The molecule has 0 unspecified atom stereocenters. The summed E-state index contributed by atoms with van der Waals surface area (Å²) in [5.74, 6) is 0.114. The maximum Gasteiger partial charge on any atom is 0.232 e. The molecule has 0 radical (unpaired) electrons. The SMILES string of the molecule is CCNCCCCS(=O)(=O)Nc1cc(C)ccc1Cl. The van der Waals surface area contributed by atoms with Gasteiger partial charge in [-0.05, 0) is 50.6 Å². The van der Waals surface area contributed by atoms with Crippen molar-refractivity contribution >= 4 is 27.3 Å². The number of hydrogen-bond donors (Lipinski definition) is 2. The number of halogens is 1. The van der Waals surface area contributed by atoms with Gasteiger partial charge in [-0.1, -0.05) is 24.6 Å². The molecular weight excluding hydrogens is 284 g/mol. The second kappa shape index (κ2) is 7.72. The highest BCUT2D eigenvalue weighted by molar-refractivity contribution is 7.92. The molecular formula is C13H21ClN2O2S. The highest BCUT2D eigenvalue weighted by Gasteiger charge is 2.12. The molecule has 0 fully saturated rings. The fourth-order valence-corrected chi connectivity index (χ4v) is 3.07. The Morgan fingerprint density at radius 2 is 2.00 bits per heavy atom. The second-order valence-electron chi connectivity index (χ2n) is 4.46. The summed E-state index contributed by atoms with van der Waals surface area (Å²) in [5.41, 5.74) is 1.42. The van der Waals surface area contributed by atoms with Crippen molar-refractivity contribution in [2.75, 3.05) is 23.6 Å². The van der Waals surface area contributed by atoms with Gasteiger partial charge in [0.15, 0.2) is 0 Å². The van der Waals surface area contributed by atoms with Crippen LogP contribution in [0.25, 0.3) is 0 Å². The number of unbranched alkanes of at least 4 members (excludes halogenated alkanes) is 1. The van der Waals surface area contributed by atoms with Crippen LogP contribution in [-0.2, 0) is 10.0 Å². The van der Waals surface area contributed by atoms with E-state index in [4.69, 9.17) is 11.6 Å². The van der Waals surface area contributed by atoms with Gasteiger partial charge in [0.1, 0.15) is 0 Å². The Labute approximate surface area is 120 Å². The number of hydrogen-bond acceptors (Lipinski definition) is 3. The number of rotatable bonds is 8. The average molecular weight is 305 g/mol. The van der Waals surface area contributed by atoms with Crippen molar-refractivity contribution < 1.29 is 8.42 Å². The van der Waals surface area contributed by atoms with Crippen LogP contribution in [0.1, 0.15) is 25.3 Å². The van der Waals surface area contributed by atoms with Gasteiger partial charge in [0, 0.05) is 0 Å². The van der Waals surface area contributed by atoms with Crippen LogP contribution in [0.2, 0.25) is 5.02 Å². The molecule has 0 aliphatic rings. The summed E-state index contributed by atoms with van der Waals surface area (Å²) in [7, 11) is -3.32. The zero-order chi connectivity index (χ0) is 14.3. The Morgan fingerprint density at radius 3 is 2.68 bits per heavy atom. The normalized spacial score (nSPS) is 11.5. The van der Waals surface area contributed by atoms with Crippen molar-refractivity contribution in [3.05, 3.63) is 28.8 Å². The average Bonchev–Trinajstić information content (AvgIpc) is 2.33. The molecule has 1 aromatic rings. The van der Waals surface area contributed by atoms with E-state index in [1.54, 1.807) is 12.1 Å². The fourth-order valence-electron chi connectivity index (χ4n) is 1.65. The van der Waals surface area contributed by atoms with Crippen LogP contribution in [0.15, 0.2) is 18.2 Å². The van der Waals surface area contributed by atoms with E-state index in [-0.39, 0.29) is 5.75 Å². The molecule has 0 aliphatic carbocycles. The molecule has 4 nitrogen and oxygen atoms in total. The molecule has 2 N–H and O–H groups in total. The van der Waals surface area contributed by atoms with E-state index in [1.165, 1.54) is 0 Å². The van der Waals surface area contributed by atoms with E-state index in [2.05, 4.69) is 10.0 Å². The smallest absolute Gasteiger partial charge is 0.232 e. The molecule has 0 heterocycles. The number of nitrogens with one attached hydrogen (secondary N) is 2. The molecule has 0 amide bonds. The van der Waals surface area contributed by atoms with Gasteiger partial charge in [-0.2, -0.15) is 0 Å². The Morgan fingerprint density at radius 1 is 1.26 bits per heavy atom. The highest BCUT2D eigenvalue weighted by atomic mass is 35.5. The quantitative estimate of drug-likeness (QED) is 0.726. The van der Waals surface area contributed by atoms with Gasteiger partial charge in [-0.25, -0.2) is 8.42 Å². The monoisotopic (exact) mass is 304 g/mol. The summed E-state index contributed by atoms with van der Waals surface area (Å²) >= 11 is 5.97. The molecule has 0 saturated heterocycles. The molecule has 108 valence electrons. The van der Waals surface area contributed by atoms with Crippen molar-refractivity contribution in [3.8, 4) is 0 Å². The number of anilines is 1. The van der Waals surface area contributed by atoms with Crippen LogP contribution in [0.4, 0.5) is 5.69 Å². The summed E-state index contributed by atoms with van der Waals surface area (Å²) in [6.07, 6.45) is 1.47. The molecule has 0 saturated carbocycles. The lowest BCUT2D eigenvalue weighted by Gasteiger charge is -2.10. The summed E-state index contributed by atoms with van der Waals surface area (Å²) in [6.45, 7) is 5.67. The first-order valence-electron chi connectivity index (χ1n) is 6.42. The third-order valence-corrected chi connectivity index (χ3v) is 4.34. The molecule has 1 rings (SSSR count). The molecule has 1 aromatic carbocycles. The van der Waals surface area contributed by atoms with E-state index in [0.29, 0.717) is 17.1 Å². The molecule has 0 spiro atoms. The van der Waals surface area contributed by atoms with Crippen LogP contribution < -0.4 is 10.0 Å². The van der Waals surface area contributed by atoms with Gasteiger partial charge in [0.05, 0.1) is 16.5 Å². The van der Waals surface area contributed by atoms with Gasteiger partial charge >= 0.3 is 0 Å². The molecule has 0 aliphatic heterocycles. The predicted molar refractivity (Wildman–Crippen MR) is 81.4 cm³/mol. The number of sulfonamides is 1. The summed E-state index contributed by atoms with van der Waals surface area (Å²) in [4.78, 5) is 0. The van der Waals surface area contributed by atoms with Crippen LogP contribution in [0, 0.1) is 6.92 Å². The van der Waals surface area contributed by atoms with Gasteiger partial charge in [0.25, 0.3) is 0 Å². The first-order chi connectivity index (χ1) is 8.94. The third-order valence-electron chi connectivity index (χ3n) is 2.65. The van der Waals surface area contributed by atoms with Crippen LogP contribution in [0.3, 0.4) is 0 Å². The highest BCUT2D eigenvalue weighted by Crippen LogP contribution is 2.23. The van der Waals surface area contributed by atoms with Gasteiger partial charge < -0.3 is 5.32 Å². The van der Waals surface area contributed by atoms with E-state index in [9.17, 15) is 8.42 Å². The molecule has 19 heavy (non-hydrogen) atoms. The van der Waals surface area contributed by atoms with Crippen molar-refractivity contribution in [2.24, 2.45) is 0 Å². The standard InChI is InChI=1S/C13H21ClN2O2S/c1-3-15-8-4-5-9-19(17,18)16-13-10-11(2)6-7-12(13)14/h6-7,10,15-16H,3-5,8-9H2,1-2H3. The Hall–Kier alpha value is -0.780. The summed E-state index contributed by atoms with van der Waals surface area (Å²) in [6, 6.07) is 5.27. The molecule has 0 aromatic heterocycles. The van der Waals surface area contributed by atoms with Crippen molar-refractivity contribution in [2.45, 2.75) is 26.7 Å². The topological polar surface area (TPSA) is 58.2 Å². The van der Waals surface area contributed by atoms with Crippen molar-refractivity contribution in [3.63, 3.8) is 0 Å². The fraction of sp³-hybridized carbons (Fsp3) is 0.538. The van der Waals surface area contributed by atoms with Crippen LogP contribution in [0.5, 0.6) is 0 Å². The van der Waals surface area contributed by atoms with Crippen LogP contribution in [-0.4, -0.2) is 27.3 Å². The third kappa shape index (κ3) is 6.27. The number of benzene rings is 1. The van der Waals surface area contributed by atoms with Crippen molar-refractivity contribution in [1.82, 2.24) is 5.32 Å². The minimum atomic E-state index is -3.32. The van der Waals surface area contributed by atoms with E-state index in [0.717, 1.165) is 25.1 Å². The molecule has 0 atom stereocenters. The first kappa shape index (κ1) is 16.3. The minimum Gasteiger partial charge on any atom is -0.317 e. The van der Waals surface area contributed by atoms with Crippen molar-refractivity contribution in [1.29, 1.82) is 0 Å². The Bertz CT molecular complexity index is 503.